The highest BCUT2D eigenvalue weighted by Crippen LogP contribution is 2.30. The normalized spacial score (nSPS) is 17.5. The predicted molar refractivity (Wildman–Crippen MR) is 85.6 cm³/mol. The van der Waals surface area contributed by atoms with Gasteiger partial charge in [-0.3, -0.25) is 0 Å². The van der Waals surface area contributed by atoms with E-state index in [2.05, 4.69) is 41.4 Å². The Morgan fingerprint density at radius 2 is 2.10 bits per heavy atom. The Kier molecular flexibility index (Phi) is 6.34. The lowest BCUT2D eigenvalue weighted by Gasteiger charge is -2.25. The van der Waals surface area contributed by atoms with Crippen LogP contribution in [0.5, 0.6) is 0 Å². The van der Waals surface area contributed by atoms with E-state index in [0.717, 1.165) is 39.3 Å². The van der Waals surface area contributed by atoms with Crippen molar-refractivity contribution in [1.82, 2.24) is 5.32 Å². The number of nitrogens with one attached hydrogen (secondary N) is 1. The fourth-order valence-electron chi connectivity index (χ4n) is 2.89. The van der Waals surface area contributed by atoms with Crippen LogP contribution in [0.1, 0.15) is 32.3 Å². The molecule has 20 heavy (non-hydrogen) atoms. The van der Waals surface area contributed by atoms with E-state index in [4.69, 9.17) is 4.74 Å². The van der Waals surface area contributed by atoms with Gasteiger partial charge in [0.2, 0.25) is 0 Å². The molecule has 0 radical (unpaired) electrons. The lowest BCUT2D eigenvalue weighted by Crippen LogP contribution is -2.36. The van der Waals surface area contributed by atoms with Crippen LogP contribution >= 0.6 is 0 Å². The van der Waals surface area contributed by atoms with Crippen LogP contribution in [0.3, 0.4) is 0 Å². The number of rotatable bonds is 9. The van der Waals surface area contributed by atoms with Crippen molar-refractivity contribution in [3.63, 3.8) is 0 Å². The molecule has 3 heteroatoms. The molecule has 3 nitrogen and oxygen atoms in total. The van der Waals surface area contributed by atoms with Crippen LogP contribution < -0.4 is 10.2 Å². The number of ether oxygens (including phenoxy) is 1. The third-order valence-electron chi connectivity index (χ3n) is 3.97. The molecular formula is C17H28N2O. The Hall–Kier alpha value is -1.06. The largest absolute Gasteiger partial charge is 0.382 e. The molecule has 1 N–H and O–H groups in total. The zero-order chi connectivity index (χ0) is 14.2. The van der Waals surface area contributed by atoms with Crippen molar-refractivity contribution in [2.24, 2.45) is 0 Å². The van der Waals surface area contributed by atoms with Crippen molar-refractivity contribution >= 4 is 5.69 Å². The van der Waals surface area contributed by atoms with E-state index in [1.165, 1.54) is 24.1 Å². The minimum atomic E-state index is 0.632. The van der Waals surface area contributed by atoms with Crippen molar-refractivity contribution in [2.75, 3.05) is 37.7 Å². The van der Waals surface area contributed by atoms with Gasteiger partial charge in [0.05, 0.1) is 0 Å². The van der Waals surface area contributed by atoms with Crippen molar-refractivity contribution in [1.29, 1.82) is 0 Å². The third kappa shape index (κ3) is 4.22. The minimum absolute atomic E-state index is 0.632. The summed E-state index contributed by atoms with van der Waals surface area (Å²) in [7, 11) is 0. The van der Waals surface area contributed by atoms with Gasteiger partial charge in [0, 0.05) is 38.0 Å². The number of unbranched alkanes of at least 4 members (excludes halogenated alkanes) is 1. The van der Waals surface area contributed by atoms with Crippen molar-refractivity contribution in [3.05, 3.63) is 29.8 Å². The first-order chi connectivity index (χ1) is 9.83. The predicted octanol–water partition coefficient (Wildman–Crippen LogP) is 2.84. The number of benzene rings is 1. The molecule has 1 aliphatic heterocycles. The van der Waals surface area contributed by atoms with Gasteiger partial charge in [-0.15, -0.1) is 0 Å². The van der Waals surface area contributed by atoms with Crippen LogP contribution in [0.2, 0.25) is 0 Å². The second kappa shape index (κ2) is 8.28. The summed E-state index contributed by atoms with van der Waals surface area (Å²) < 4.78 is 5.34. The van der Waals surface area contributed by atoms with Crippen LogP contribution in [-0.4, -0.2) is 38.9 Å². The second-order valence-electron chi connectivity index (χ2n) is 5.53. The van der Waals surface area contributed by atoms with Crippen LogP contribution in [0.4, 0.5) is 5.69 Å². The summed E-state index contributed by atoms with van der Waals surface area (Å²) in [6, 6.07) is 9.43. The van der Waals surface area contributed by atoms with Crippen LogP contribution in [0.15, 0.2) is 24.3 Å². The van der Waals surface area contributed by atoms with Crippen LogP contribution in [0.25, 0.3) is 0 Å². The zero-order valence-electron chi connectivity index (χ0n) is 12.9. The number of para-hydroxylation sites is 1. The van der Waals surface area contributed by atoms with Gasteiger partial charge in [-0.05, 0) is 51.3 Å². The summed E-state index contributed by atoms with van der Waals surface area (Å²) in [5.74, 6) is 0. The number of hydrogen-bond acceptors (Lipinski definition) is 3. The highest BCUT2D eigenvalue weighted by molar-refractivity contribution is 5.59. The molecule has 2 rings (SSSR count). The Bertz CT molecular complexity index is 394. The second-order valence-corrected chi connectivity index (χ2v) is 5.53. The molecule has 0 saturated carbocycles. The molecule has 0 saturated heterocycles. The molecule has 0 bridgehead atoms. The molecule has 0 amide bonds. The van der Waals surface area contributed by atoms with Crippen molar-refractivity contribution in [2.45, 2.75) is 39.2 Å². The first-order valence-electron chi connectivity index (χ1n) is 7.96. The third-order valence-corrected chi connectivity index (χ3v) is 3.97. The summed E-state index contributed by atoms with van der Waals surface area (Å²) in [5.41, 5.74) is 2.93. The van der Waals surface area contributed by atoms with Gasteiger partial charge in [0.1, 0.15) is 0 Å². The van der Waals surface area contributed by atoms with E-state index in [-0.39, 0.29) is 0 Å². The molecule has 1 aromatic rings. The van der Waals surface area contributed by atoms with Crippen LogP contribution in [-0.2, 0) is 11.2 Å². The van der Waals surface area contributed by atoms with E-state index >= 15 is 0 Å². The molecule has 1 unspecified atom stereocenters. The number of anilines is 1. The molecular weight excluding hydrogens is 248 g/mol. The summed E-state index contributed by atoms with van der Waals surface area (Å²) in [6.07, 6.45) is 3.54. The number of nitrogens with zero attached hydrogens (tertiary/aromatic N) is 1. The topological polar surface area (TPSA) is 24.5 Å². The fourth-order valence-corrected chi connectivity index (χ4v) is 2.89. The molecule has 1 heterocycles. The Balaban J connectivity index is 1.62. The quantitative estimate of drug-likeness (QED) is 0.702. The summed E-state index contributed by atoms with van der Waals surface area (Å²) >= 11 is 0. The Labute approximate surface area is 123 Å². The van der Waals surface area contributed by atoms with Crippen molar-refractivity contribution in [3.8, 4) is 0 Å². The van der Waals surface area contributed by atoms with Crippen LogP contribution in [0, 0.1) is 0 Å². The Morgan fingerprint density at radius 3 is 2.95 bits per heavy atom. The monoisotopic (exact) mass is 276 g/mol. The number of fused-ring (bicyclic) bond motifs is 1. The van der Waals surface area contributed by atoms with Gasteiger partial charge in [0.25, 0.3) is 0 Å². The minimum Gasteiger partial charge on any atom is -0.382 e. The van der Waals surface area contributed by atoms with E-state index < -0.39 is 0 Å². The van der Waals surface area contributed by atoms with Gasteiger partial charge in [-0.2, -0.15) is 0 Å². The van der Waals surface area contributed by atoms with Gasteiger partial charge in [-0.25, -0.2) is 0 Å². The van der Waals surface area contributed by atoms with Gasteiger partial charge in [0.15, 0.2) is 0 Å². The zero-order valence-corrected chi connectivity index (χ0v) is 12.9. The summed E-state index contributed by atoms with van der Waals surface area (Å²) in [4.78, 5) is 2.53. The SMILES string of the molecule is CCOCCCCNCCN1c2ccccc2CC1C. The van der Waals surface area contributed by atoms with Gasteiger partial charge < -0.3 is 15.0 Å². The molecule has 1 aromatic carbocycles. The van der Waals surface area contributed by atoms with E-state index in [1.54, 1.807) is 0 Å². The van der Waals surface area contributed by atoms with E-state index in [9.17, 15) is 0 Å². The maximum atomic E-state index is 5.34. The highest BCUT2D eigenvalue weighted by atomic mass is 16.5. The maximum Gasteiger partial charge on any atom is 0.0466 e. The Morgan fingerprint density at radius 1 is 1.25 bits per heavy atom. The standard InChI is InChI=1S/C17H28N2O/c1-3-20-13-7-6-10-18-11-12-19-15(2)14-16-8-4-5-9-17(16)19/h4-5,8-9,15,18H,3,6-7,10-14H2,1-2H3. The van der Waals surface area contributed by atoms with Gasteiger partial charge in [-0.1, -0.05) is 18.2 Å². The lowest BCUT2D eigenvalue weighted by atomic mass is 10.1. The average molecular weight is 276 g/mol. The molecule has 0 aliphatic carbocycles. The molecule has 112 valence electrons. The van der Waals surface area contributed by atoms with Gasteiger partial charge >= 0.3 is 0 Å². The van der Waals surface area contributed by atoms with Crippen molar-refractivity contribution < 1.29 is 4.74 Å². The smallest absolute Gasteiger partial charge is 0.0466 e. The molecule has 0 aromatic heterocycles. The maximum absolute atomic E-state index is 5.34. The first kappa shape index (κ1) is 15.3. The molecule has 1 atom stereocenters. The molecule has 0 fully saturated rings. The highest BCUT2D eigenvalue weighted by Gasteiger charge is 2.24. The first-order valence-corrected chi connectivity index (χ1v) is 7.96. The molecule has 1 aliphatic rings. The number of hydrogen-bond donors (Lipinski definition) is 1. The lowest BCUT2D eigenvalue weighted by molar-refractivity contribution is 0.143. The average Bonchev–Trinajstić information content (AvgIpc) is 2.78. The summed E-state index contributed by atoms with van der Waals surface area (Å²) in [6.45, 7) is 9.36. The fraction of sp³-hybridized carbons (Fsp3) is 0.647. The van der Waals surface area contributed by atoms with E-state index in [1.807, 2.05) is 6.92 Å². The van der Waals surface area contributed by atoms with E-state index in [0.29, 0.717) is 6.04 Å². The molecule has 0 spiro atoms. The summed E-state index contributed by atoms with van der Waals surface area (Å²) in [5, 5.41) is 3.54.